The molecule has 2 rings (SSSR count). The largest absolute Gasteiger partial charge is 0.456 e. The van der Waals surface area contributed by atoms with Gasteiger partial charge in [-0.1, -0.05) is 61.4 Å². The number of carbonyl (C=O) groups excluding carboxylic acids is 5. The van der Waals surface area contributed by atoms with E-state index in [1.54, 1.807) is 40.7 Å². The van der Waals surface area contributed by atoms with E-state index in [1.165, 1.54) is 27.7 Å². The van der Waals surface area contributed by atoms with Crippen LogP contribution in [0.25, 0.3) is 0 Å². The van der Waals surface area contributed by atoms with Gasteiger partial charge in [0.1, 0.15) is 29.9 Å². The minimum atomic E-state index is -1.00. The zero-order valence-corrected chi connectivity index (χ0v) is 22.9. The molecule has 2 heterocycles. The van der Waals surface area contributed by atoms with Crippen LogP contribution >= 0.6 is 21.6 Å². The average Bonchev–Trinajstić information content (AvgIpc) is 2.81. The van der Waals surface area contributed by atoms with Gasteiger partial charge in [0.15, 0.2) is 0 Å². The monoisotopic (exact) mass is 540 g/mol. The fraction of sp³-hybridized carbons (Fsp3) is 0.625. The molecule has 12 heteroatoms. The lowest BCUT2D eigenvalue weighted by Crippen LogP contribution is -2.57. The van der Waals surface area contributed by atoms with Crippen LogP contribution in [0.1, 0.15) is 47.5 Å². The van der Waals surface area contributed by atoms with Gasteiger partial charge in [-0.3, -0.25) is 19.2 Å². The van der Waals surface area contributed by atoms with E-state index >= 15 is 0 Å². The maximum atomic E-state index is 13.2. The molecule has 36 heavy (non-hydrogen) atoms. The Morgan fingerprint density at radius 3 is 2.28 bits per heavy atom. The van der Waals surface area contributed by atoms with Crippen molar-refractivity contribution in [3.8, 4) is 0 Å². The summed E-state index contributed by atoms with van der Waals surface area (Å²) in [6.45, 7) is 8.66. The molecule has 0 saturated carbocycles. The number of amides is 4. The lowest BCUT2D eigenvalue weighted by atomic mass is 10.0. The van der Waals surface area contributed by atoms with Crippen LogP contribution in [0.4, 0.5) is 0 Å². The van der Waals surface area contributed by atoms with E-state index in [4.69, 9.17) is 4.74 Å². The second kappa shape index (κ2) is 14.3. The van der Waals surface area contributed by atoms with Gasteiger partial charge in [-0.15, -0.1) is 0 Å². The predicted octanol–water partition coefficient (Wildman–Crippen LogP) is 1.43. The van der Waals surface area contributed by atoms with Crippen LogP contribution in [0.3, 0.4) is 0 Å². The summed E-state index contributed by atoms with van der Waals surface area (Å²) in [4.78, 5) is 65.2. The number of rotatable bonds is 2. The molecule has 1 saturated heterocycles. The van der Waals surface area contributed by atoms with Gasteiger partial charge in [0.25, 0.3) is 5.91 Å². The molecule has 4 N–H and O–H groups in total. The molecule has 4 amide bonds. The summed E-state index contributed by atoms with van der Waals surface area (Å²) >= 11 is 0. The number of nitrogens with one attached hydrogen (secondary N) is 4. The Morgan fingerprint density at radius 2 is 1.64 bits per heavy atom. The first-order valence-corrected chi connectivity index (χ1v) is 14.5. The summed E-state index contributed by atoms with van der Waals surface area (Å²) in [5, 5.41) is 10.7. The quantitative estimate of drug-likeness (QED) is 0.178. The molecule has 2 bridgehead atoms. The average molecular weight is 541 g/mol. The van der Waals surface area contributed by atoms with Gasteiger partial charge in [0.2, 0.25) is 17.7 Å². The summed E-state index contributed by atoms with van der Waals surface area (Å²) in [6, 6.07) is -2.86. The van der Waals surface area contributed by atoms with Crippen LogP contribution in [0.5, 0.6) is 0 Å². The maximum absolute atomic E-state index is 13.2. The third-order valence-electron chi connectivity index (χ3n) is 5.59. The normalized spacial score (nSPS) is 29.6. The van der Waals surface area contributed by atoms with Crippen molar-refractivity contribution in [2.45, 2.75) is 71.7 Å². The molecule has 200 valence electrons. The van der Waals surface area contributed by atoms with Crippen LogP contribution in [0, 0.1) is 11.8 Å². The predicted molar refractivity (Wildman–Crippen MR) is 141 cm³/mol. The van der Waals surface area contributed by atoms with Gasteiger partial charge in [0.05, 0.1) is 6.42 Å². The Kier molecular flexibility index (Phi) is 11.8. The third-order valence-corrected chi connectivity index (χ3v) is 8.03. The molecular formula is C24H36N4O6S2. The molecule has 1 fully saturated rings. The molecule has 10 nitrogen and oxygen atoms in total. The number of fused-ring (bicyclic) bond motifs is 7. The standard InChI is InChI=1S/C24H36N4O6S2/c1-6-16-21(30)28-20(14(4)5)24(33)34-15-9-7-8-10-35-36-12-17(22(31)25-16)26-23(32)19(13(2)3)27-18(29)11-15/h6-7,9,13-15,17,19-20H,8,10-12H2,1-5H3,(H,25,31)(H,26,32)(H,27,29)(H,28,30)/b9-7-,16-6-/t15-,17+,19-,20+/m0/s1. The molecular weight excluding hydrogens is 504 g/mol. The van der Waals surface area contributed by atoms with Crippen molar-refractivity contribution in [3.05, 3.63) is 23.9 Å². The van der Waals surface area contributed by atoms with Crippen molar-refractivity contribution in [1.29, 1.82) is 0 Å². The fourth-order valence-electron chi connectivity index (χ4n) is 3.50. The van der Waals surface area contributed by atoms with Crippen molar-refractivity contribution < 1.29 is 28.7 Å². The van der Waals surface area contributed by atoms with E-state index in [0.717, 1.165) is 0 Å². The van der Waals surface area contributed by atoms with Gasteiger partial charge in [-0.25, -0.2) is 4.79 Å². The van der Waals surface area contributed by atoms with Gasteiger partial charge in [-0.2, -0.15) is 0 Å². The summed E-state index contributed by atoms with van der Waals surface area (Å²) < 4.78 is 5.65. The molecule has 2 aliphatic rings. The van der Waals surface area contributed by atoms with Crippen molar-refractivity contribution in [2.75, 3.05) is 11.5 Å². The second-order valence-electron chi connectivity index (χ2n) is 9.24. The van der Waals surface area contributed by atoms with Gasteiger partial charge in [0, 0.05) is 11.5 Å². The highest BCUT2D eigenvalue weighted by Gasteiger charge is 2.33. The zero-order valence-electron chi connectivity index (χ0n) is 21.3. The van der Waals surface area contributed by atoms with Crippen molar-refractivity contribution in [1.82, 2.24) is 21.3 Å². The first kappa shape index (κ1) is 29.8. The first-order valence-electron chi connectivity index (χ1n) is 12.0. The molecule has 0 radical (unpaired) electrons. The van der Waals surface area contributed by atoms with Gasteiger partial charge < -0.3 is 26.0 Å². The van der Waals surface area contributed by atoms with Crippen LogP contribution in [-0.4, -0.2) is 65.3 Å². The molecule has 0 aromatic carbocycles. The van der Waals surface area contributed by atoms with Crippen LogP contribution < -0.4 is 21.3 Å². The Hall–Kier alpha value is -2.47. The third kappa shape index (κ3) is 8.88. The minimum absolute atomic E-state index is 0.0445. The number of esters is 1. The van der Waals surface area contributed by atoms with E-state index in [0.29, 0.717) is 12.2 Å². The summed E-state index contributed by atoms with van der Waals surface area (Å²) in [6.07, 6.45) is 4.51. The highest BCUT2D eigenvalue weighted by Crippen LogP contribution is 2.24. The first-order chi connectivity index (χ1) is 17.0. The molecule has 0 unspecified atom stereocenters. The summed E-state index contributed by atoms with van der Waals surface area (Å²) in [5.41, 5.74) is -0.0445. The number of carbonyl (C=O) groups is 5. The fourth-order valence-corrected chi connectivity index (χ4v) is 5.66. The topological polar surface area (TPSA) is 143 Å². The Bertz CT molecular complexity index is 905. The molecule has 2 aliphatic heterocycles. The van der Waals surface area contributed by atoms with Crippen molar-refractivity contribution in [3.63, 3.8) is 0 Å². The summed E-state index contributed by atoms with van der Waals surface area (Å²) in [7, 11) is 2.95. The van der Waals surface area contributed by atoms with E-state index < -0.39 is 53.8 Å². The van der Waals surface area contributed by atoms with E-state index in [2.05, 4.69) is 21.3 Å². The van der Waals surface area contributed by atoms with Crippen molar-refractivity contribution in [2.24, 2.45) is 11.8 Å². The number of hydrogen-bond donors (Lipinski definition) is 4. The smallest absolute Gasteiger partial charge is 0.329 e. The van der Waals surface area contributed by atoms with E-state index in [1.807, 2.05) is 6.08 Å². The highest BCUT2D eigenvalue weighted by atomic mass is 33.1. The number of ether oxygens (including phenoxy) is 1. The Morgan fingerprint density at radius 1 is 0.944 bits per heavy atom. The highest BCUT2D eigenvalue weighted by molar-refractivity contribution is 8.76. The van der Waals surface area contributed by atoms with Crippen LogP contribution in [0.15, 0.2) is 23.9 Å². The van der Waals surface area contributed by atoms with Crippen LogP contribution in [0.2, 0.25) is 0 Å². The van der Waals surface area contributed by atoms with E-state index in [9.17, 15) is 24.0 Å². The zero-order chi connectivity index (χ0) is 26.8. The lowest BCUT2D eigenvalue weighted by Gasteiger charge is -2.27. The summed E-state index contributed by atoms with van der Waals surface area (Å²) in [5.74, 6) is -2.54. The lowest BCUT2D eigenvalue weighted by molar-refractivity contribution is -0.153. The molecule has 0 aromatic rings. The Balaban J connectivity index is 2.55. The van der Waals surface area contributed by atoms with Crippen LogP contribution in [-0.2, 0) is 28.7 Å². The Labute approximate surface area is 220 Å². The minimum Gasteiger partial charge on any atom is -0.456 e. The SMILES string of the molecule is C/C=C1\NC(=O)[C@H]2CSSCC/C=C\[C@@H](CC(=O)N[C@@H](C(C)C)C(=O)N2)OC(=O)[C@@H](C(C)C)NC1=O. The molecule has 0 aromatic heterocycles. The van der Waals surface area contributed by atoms with E-state index in [-0.39, 0.29) is 29.7 Å². The number of allylic oxidation sites excluding steroid dienone is 2. The van der Waals surface area contributed by atoms with Gasteiger partial charge >= 0.3 is 5.97 Å². The molecule has 0 aliphatic carbocycles. The second-order valence-corrected chi connectivity index (χ2v) is 11.9. The van der Waals surface area contributed by atoms with Crippen molar-refractivity contribution >= 4 is 51.2 Å². The van der Waals surface area contributed by atoms with Gasteiger partial charge in [-0.05, 0) is 31.3 Å². The maximum Gasteiger partial charge on any atom is 0.329 e. The molecule has 4 atom stereocenters. The molecule has 0 spiro atoms. The number of hydrogen-bond acceptors (Lipinski definition) is 8.